The van der Waals surface area contributed by atoms with Crippen LogP contribution < -0.4 is 4.90 Å². The van der Waals surface area contributed by atoms with Crippen LogP contribution in [0, 0.1) is 6.92 Å². The Morgan fingerprint density at radius 2 is 2.00 bits per heavy atom. The van der Waals surface area contributed by atoms with Gasteiger partial charge in [-0.05, 0) is 38.3 Å². The predicted octanol–water partition coefficient (Wildman–Crippen LogP) is 3.89. The lowest BCUT2D eigenvalue weighted by molar-refractivity contribution is 0.435. The van der Waals surface area contributed by atoms with Crippen LogP contribution >= 0.6 is 0 Å². The van der Waals surface area contributed by atoms with Crippen LogP contribution in [0.3, 0.4) is 0 Å². The van der Waals surface area contributed by atoms with E-state index in [0.29, 0.717) is 5.92 Å². The maximum absolute atomic E-state index is 4.73. The van der Waals surface area contributed by atoms with Gasteiger partial charge in [-0.3, -0.25) is 4.98 Å². The van der Waals surface area contributed by atoms with Crippen LogP contribution in [0.2, 0.25) is 0 Å². The van der Waals surface area contributed by atoms with Gasteiger partial charge in [0.2, 0.25) is 0 Å². The third-order valence-corrected chi connectivity index (χ3v) is 4.01. The summed E-state index contributed by atoms with van der Waals surface area (Å²) in [7, 11) is 2.12. The first-order chi connectivity index (χ1) is 8.22. The molecule has 94 valence electrons. The third kappa shape index (κ3) is 2.80. The average molecular weight is 232 g/mol. The Morgan fingerprint density at radius 1 is 1.29 bits per heavy atom. The van der Waals surface area contributed by atoms with Crippen LogP contribution in [-0.2, 0) is 0 Å². The monoisotopic (exact) mass is 232 g/mol. The first-order valence-electron chi connectivity index (χ1n) is 6.90. The lowest BCUT2D eigenvalue weighted by Crippen LogP contribution is -2.17. The Balaban J connectivity index is 2.18. The van der Waals surface area contributed by atoms with Gasteiger partial charge in [-0.2, -0.15) is 0 Å². The zero-order valence-electron chi connectivity index (χ0n) is 11.4. The standard InChI is InChI=1S/C15H24N2/c1-4-17(3)14-10-12(2)15(16-11-14)13-8-6-5-7-9-13/h10-11,13H,4-9H2,1-3H3. The van der Waals surface area contributed by atoms with E-state index in [2.05, 4.69) is 31.9 Å². The summed E-state index contributed by atoms with van der Waals surface area (Å²) < 4.78 is 0. The fourth-order valence-corrected chi connectivity index (χ4v) is 2.77. The number of aromatic nitrogens is 1. The highest BCUT2D eigenvalue weighted by Gasteiger charge is 2.18. The number of anilines is 1. The summed E-state index contributed by atoms with van der Waals surface area (Å²) in [5.41, 5.74) is 3.96. The Labute approximate surface area is 105 Å². The van der Waals surface area contributed by atoms with E-state index in [1.165, 1.54) is 49.0 Å². The van der Waals surface area contributed by atoms with Crippen molar-refractivity contribution in [3.8, 4) is 0 Å². The second kappa shape index (κ2) is 5.52. The Hall–Kier alpha value is -1.05. The summed E-state index contributed by atoms with van der Waals surface area (Å²) in [5, 5.41) is 0. The Kier molecular flexibility index (Phi) is 4.03. The minimum absolute atomic E-state index is 0.713. The molecule has 0 amide bonds. The molecular formula is C15H24N2. The van der Waals surface area contributed by atoms with E-state index in [1.807, 2.05) is 6.20 Å². The van der Waals surface area contributed by atoms with Crippen molar-refractivity contribution in [2.45, 2.75) is 51.9 Å². The molecule has 0 aliphatic heterocycles. The summed E-state index contributed by atoms with van der Waals surface area (Å²) in [6.45, 7) is 5.41. The van der Waals surface area contributed by atoms with Crippen molar-refractivity contribution >= 4 is 5.69 Å². The van der Waals surface area contributed by atoms with E-state index >= 15 is 0 Å². The molecule has 0 N–H and O–H groups in total. The molecule has 0 bridgehead atoms. The van der Waals surface area contributed by atoms with Gasteiger partial charge in [0.25, 0.3) is 0 Å². The molecule has 1 aliphatic carbocycles. The number of nitrogens with zero attached hydrogens (tertiary/aromatic N) is 2. The fourth-order valence-electron chi connectivity index (χ4n) is 2.77. The predicted molar refractivity (Wildman–Crippen MR) is 73.7 cm³/mol. The SMILES string of the molecule is CCN(C)c1cnc(C2CCCCC2)c(C)c1. The van der Waals surface area contributed by atoms with Crippen LogP contribution in [-0.4, -0.2) is 18.6 Å². The highest BCUT2D eigenvalue weighted by Crippen LogP contribution is 2.33. The molecule has 0 unspecified atom stereocenters. The minimum atomic E-state index is 0.713. The largest absolute Gasteiger partial charge is 0.374 e. The quantitative estimate of drug-likeness (QED) is 0.786. The Morgan fingerprint density at radius 3 is 2.59 bits per heavy atom. The normalized spacial score (nSPS) is 17.1. The van der Waals surface area contributed by atoms with Crippen LogP contribution in [0.1, 0.15) is 56.2 Å². The van der Waals surface area contributed by atoms with Crippen molar-refractivity contribution in [1.29, 1.82) is 0 Å². The summed E-state index contributed by atoms with van der Waals surface area (Å²) in [5.74, 6) is 0.713. The molecule has 2 heteroatoms. The van der Waals surface area contributed by atoms with Crippen molar-refractivity contribution < 1.29 is 0 Å². The first kappa shape index (κ1) is 12.4. The maximum atomic E-state index is 4.73. The molecule has 0 radical (unpaired) electrons. The molecule has 1 aliphatic rings. The second-order valence-corrected chi connectivity index (χ2v) is 5.24. The summed E-state index contributed by atoms with van der Waals surface area (Å²) in [6, 6.07) is 2.29. The molecular weight excluding hydrogens is 208 g/mol. The smallest absolute Gasteiger partial charge is 0.0552 e. The second-order valence-electron chi connectivity index (χ2n) is 5.24. The zero-order valence-corrected chi connectivity index (χ0v) is 11.4. The number of aryl methyl sites for hydroxylation is 1. The van der Waals surface area contributed by atoms with Crippen molar-refractivity contribution in [2.24, 2.45) is 0 Å². The van der Waals surface area contributed by atoms with Gasteiger partial charge in [-0.1, -0.05) is 19.3 Å². The van der Waals surface area contributed by atoms with E-state index < -0.39 is 0 Å². The van der Waals surface area contributed by atoms with Gasteiger partial charge in [0.15, 0.2) is 0 Å². The molecule has 1 aromatic rings. The topological polar surface area (TPSA) is 16.1 Å². The first-order valence-corrected chi connectivity index (χ1v) is 6.90. The summed E-state index contributed by atoms with van der Waals surface area (Å²) in [4.78, 5) is 6.97. The molecule has 1 aromatic heterocycles. The molecule has 1 heterocycles. The van der Waals surface area contributed by atoms with Gasteiger partial charge in [-0.25, -0.2) is 0 Å². The van der Waals surface area contributed by atoms with Gasteiger partial charge < -0.3 is 4.90 Å². The van der Waals surface area contributed by atoms with E-state index in [-0.39, 0.29) is 0 Å². The van der Waals surface area contributed by atoms with Gasteiger partial charge in [0.05, 0.1) is 11.9 Å². The zero-order chi connectivity index (χ0) is 12.3. The van der Waals surface area contributed by atoms with Gasteiger partial charge in [0, 0.05) is 25.2 Å². The minimum Gasteiger partial charge on any atom is -0.374 e. The lowest BCUT2D eigenvalue weighted by atomic mass is 9.85. The van der Waals surface area contributed by atoms with E-state index in [4.69, 9.17) is 4.98 Å². The van der Waals surface area contributed by atoms with E-state index in [1.54, 1.807) is 0 Å². The Bertz CT molecular complexity index is 367. The van der Waals surface area contributed by atoms with Crippen molar-refractivity contribution in [3.63, 3.8) is 0 Å². The third-order valence-electron chi connectivity index (χ3n) is 4.01. The lowest BCUT2D eigenvalue weighted by Gasteiger charge is -2.24. The average Bonchev–Trinajstić information content (AvgIpc) is 2.38. The van der Waals surface area contributed by atoms with Crippen molar-refractivity contribution in [1.82, 2.24) is 4.98 Å². The van der Waals surface area contributed by atoms with Crippen LogP contribution in [0.4, 0.5) is 5.69 Å². The van der Waals surface area contributed by atoms with E-state index in [9.17, 15) is 0 Å². The molecule has 2 nitrogen and oxygen atoms in total. The maximum Gasteiger partial charge on any atom is 0.0552 e. The highest BCUT2D eigenvalue weighted by molar-refractivity contribution is 5.47. The van der Waals surface area contributed by atoms with Crippen LogP contribution in [0.25, 0.3) is 0 Å². The van der Waals surface area contributed by atoms with Gasteiger partial charge in [0.1, 0.15) is 0 Å². The number of hydrogen-bond donors (Lipinski definition) is 0. The van der Waals surface area contributed by atoms with Crippen molar-refractivity contribution in [3.05, 3.63) is 23.5 Å². The molecule has 17 heavy (non-hydrogen) atoms. The summed E-state index contributed by atoms with van der Waals surface area (Å²) >= 11 is 0. The molecule has 1 fully saturated rings. The van der Waals surface area contributed by atoms with Crippen molar-refractivity contribution in [2.75, 3.05) is 18.5 Å². The number of pyridine rings is 1. The number of rotatable bonds is 3. The van der Waals surface area contributed by atoms with Gasteiger partial charge >= 0.3 is 0 Å². The molecule has 2 rings (SSSR count). The molecule has 0 saturated heterocycles. The molecule has 0 aromatic carbocycles. The van der Waals surface area contributed by atoms with Crippen LogP contribution in [0.15, 0.2) is 12.3 Å². The number of hydrogen-bond acceptors (Lipinski definition) is 2. The van der Waals surface area contributed by atoms with Gasteiger partial charge in [-0.15, -0.1) is 0 Å². The summed E-state index contributed by atoms with van der Waals surface area (Å²) in [6.07, 6.45) is 8.87. The van der Waals surface area contributed by atoms with E-state index in [0.717, 1.165) is 6.54 Å². The van der Waals surface area contributed by atoms with Crippen LogP contribution in [0.5, 0.6) is 0 Å². The molecule has 1 saturated carbocycles. The molecule has 0 atom stereocenters. The highest BCUT2D eigenvalue weighted by atomic mass is 15.1. The molecule has 0 spiro atoms. The fraction of sp³-hybridized carbons (Fsp3) is 0.667.